The SMILES string of the molecule is CCN=CN(CC)c1ccc(/C=C2\OCCN3C2=NCCN3c2ccc(F)cc2)c2c1OCO2. The maximum atomic E-state index is 13.4. The molecule has 0 spiro atoms. The molecular weight excluding hydrogens is 437 g/mol. The van der Waals surface area contributed by atoms with Crippen molar-refractivity contribution in [2.24, 2.45) is 9.98 Å². The summed E-state index contributed by atoms with van der Waals surface area (Å²) in [4.78, 5) is 11.2. The van der Waals surface area contributed by atoms with Crippen LogP contribution in [0.5, 0.6) is 11.5 Å². The second kappa shape index (κ2) is 9.62. The van der Waals surface area contributed by atoms with Gasteiger partial charge in [0, 0.05) is 18.7 Å². The van der Waals surface area contributed by atoms with E-state index in [1.807, 2.05) is 36.4 Å². The average molecular weight is 466 g/mol. The minimum absolute atomic E-state index is 0.164. The molecule has 0 bridgehead atoms. The van der Waals surface area contributed by atoms with Gasteiger partial charge in [-0.25, -0.2) is 4.39 Å². The number of hydrogen-bond donors (Lipinski definition) is 0. The first kappa shape index (κ1) is 22.1. The molecule has 178 valence electrons. The van der Waals surface area contributed by atoms with Crippen LogP contribution in [0, 0.1) is 5.82 Å². The number of hydrazine groups is 1. The first-order valence-corrected chi connectivity index (χ1v) is 11.6. The second-order valence-corrected chi connectivity index (χ2v) is 7.92. The van der Waals surface area contributed by atoms with E-state index in [2.05, 4.69) is 21.9 Å². The monoisotopic (exact) mass is 465 g/mol. The van der Waals surface area contributed by atoms with Crippen molar-refractivity contribution < 1.29 is 18.6 Å². The van der Waals surface area contributed by atoms with Crippen LogP contribution in [0.25, 0.3) is 6.08 Å². The fourth-order valence-corrected chi connectivity index (χ4v) is 4.27. The number of rotatable bonds is 6. The molecule has 3 heterocycles. The van der Waals surface area contributed by atoms with E-state index < -0.39 is 0 Å². The molecule has 0 aliphatic carbocycles. The van der Waals surface area contributed by atoms with E-state index in [4.69, 9.17) is 19.2 Å². The molecular formula is C25H28FN5O3. The van der Waals surface area contributed by atoms with E-state index in [0.29, 0.717) is 43.5 Å². The highest BCUT2D eigenvalue weighted by Crippen LogP contribution is 2.44. The minimum Gasteiger partial charge on any atom is -0.488 e. The summed E-state index contributed by atoms with van der Waals surface area (Å²) >= 11 is 0. The van der Waals surface area contributed by atoms with Gasteiger partial charge < -0.3 is 19.1 Å². The van der Waals surface area contributed by atoms with E-state index in [-0.39, 0.29) is 12.6 Å². The lowest BCUT2D eigenvalue weighted by molar-refractivity contribution is 0.160. The molecule has 0 amide bonds. The molecule has 3 aliphatic heterocycles. The average Bonchev–Trinajstić information content (AvgIpc) is 3.36. The first-order chi connectivity index (χ1) is 16.7. The van der Waals surface area contributed by atoms with Crippen molar-refractivity contribution in [3.63, 3.8) is 0 Å². The van der Waals surface area contributed by atoms with Crippen LogP contribution in [-0.2, 0) is 4.74 Å². The summed E-state index contributed by atoms with van der Waals surface area (Å²) in [6.07, 6.45) is 3.78. The Kier molecular flexibility index (Phi) is 6.24. The van der Waals surface area contributed by atoms with Gasteiger partial charge in [-0.2, -0.15) is 0 Å². The number of hydrogen-bond acceptors (Lipinski definition) is 7. The molecule has 0 saturated carbocycles. The number of ether oxygens (including phenoxy) is 3. The smallest absolute Gasteiger partial charge is 0.231 e. The summed E-state index contributed by atoms with van der Waals surface area (Å²) in [5.74, 6) is 2.55. The predicted octanol–water partition coefficient (Wildman–Crippen LogP) is 3.94. The number of anilines is 2. The quantitative estimate of drug-likeness (QED) is 0.476. The van der Waals surface area contributed by atoms with Crippen LogP contribution in [0.1, 0.15) is 19.4 Å². The molecule has 1 saturated heterocycles. The first-order valence-electron chi connectivity index (χ1n) is 11.6. The van der Waals surface area contributed by atoms with E-state index in [0.717, 1.165) is 35.9 Å². The summed E-state index contributed by atoms with van der Waals surface area (Å²) in [6.45, 7) is 8.21. The summed E-state index contributed by atoms with van der Waals surface area (Å²) < 4.78 is 31.2. The van der Waals surface area contributed by atoms with Crippen LogP contribution in [0.4, 0.5) is 15.8 Å². The molecule has 0 radical (unpaired) electrons. The minimum atomic E-state index is -0.251. The Morgan fingerprint density at radius 3 is 2.65 bits per heavy atom. The third-order valence-corrected chi connectivity index (χ3v) is 5.88. The zero-order valence-electron chi connectivity index (χ0n) is 19.4. The van der Waals surface area contributed by atoms with Crippen LogP contribution < -0.4 is 19.4 Å². The molecule has 1 fully saturated rings. The van der Waals surface area contributed by atoms with Gasteiger partial charge in [-0.05, 0) is 56.3 Å². The molecule has 5 rings (SSSR count). The van der Waals surface area contributed by atoms with Crippen LogP contribution >= 0.6 is 0 Å². The summed E-state index contributed by atoms with van der Waals surface area (Å²) in [5.41, 5.74) is 2.70. The van der Waals surface area contributed by atoms with Crippen molar-refractivity contribution >= 4 is 29.6 Å². The number of amidine groups is 1. The van der Waals surface area contributed by atoms with Crippen molar-refractivity contribution in [2.45, 2.75) is 13.8 Å². The Morgan fingerprint density at radius 1 is 1.03 bits per heavy atom. The van der Waals surface area contributed by atoms with Crippen LogP contribution in [0.2, 0.25) is 0 Å². The van der Waals surface area contributed by atoms with Gasteiger partial charge in [-0.1, -0.05) is 0 Å². The van der Waals surface area contributed by atoms with Gasteiger partial charge in [0.15, 0.2) is 23.1 Å². The number of morpholine rings is 1. The van der Waals surface area contributed by atoms with Crippen LogP contribution in [0.3, 0.4) is 0 Å². The van der Waals surface area contributed by atoms with Crippen molar-refractivity contribution in [1.29, 1.82) is 0 Å². The predicted molar refractivity (Wildman–Crippen MR) is 131 cm³/mol. The van der Waals surface area contributed by atoms with E-state index in [1.165, 1.54) is 12.1 Å². The van der Waals surface area contributed by atoms with Gasteiger partial charge in [-0.3, -0.25) is 20.0 Å². The van der Waals surface area contributed by atoms with Gasteiger partial charge in [-0.15, -0.1) is 0 Å². The Balaban J connectivity index is 1.47. The van der Waals surface area contributed by atoms with Crippen molar-refractivity contribution in [2.75, 3.05) is 56.0 Å². The Hall–Kier alpha value is -3.75. The van der Waals surface area contributed by atoms with E-state index >= 15 is 0 Å². The maximum absolute atomic E-state index is 13.4. The van der Waals surface area contributed by atoms with Crippen molar-refractivity contribution in [3.05, 3.63) is 53.5 Å². The summed E-state index contributed by atoms with van der Waals surface area (Å²) in [7, 11) is 0. The highest BCUT2D eigenvalue weighted by atomic mass is 19.1. The Bertz CT molecular complexity index is 1130. The molecule has 0 N–H and O–H groups in total. The van der Waals surface area contributed by atoms with Gasteiger partial charge >= 0.3 is 0 Å². The molecule has 9 heteroatoms. The normalized spacial score (nSPS) is 18.2. The fraction of sp³-hybridized carbons (Fsp3) is 0.360. The molecule has 3 aliphatic rings. The van der Waals surface area contributed by atoms with Crippen LogP contribution in [0.15, 0.2) is 52.1 Å². The third-order valence-electron chi connectivity index (χ3n) is 5.88. The Labute approximate surface area is 198 Å². The lowest BCUT2D eigenvalue weighted by Crippen LogP contribution is -2.55. The number of benzene rings is 2. The molecule has 34 heavy (non-hydrogen) atoms. The van der Waals surface area contributed by atoms with Gasteiger partial charge in [0.2, 0.25) is 6.79 Å². The standard InChI is InChI=1S/C25H28FN5O3/c1-3-27-16-29(4-2)21-10-5-18(23-24(21)34-17-33-23)15-22-25-28-11-12-30(31(25)13-14-32-22)20-8-6-19(26)7-9-20/h5-10,15-16H,3-4,11-14,17H2,1-2H3/b22-15-,27-16?. The van der Waals surface area contributed by atoms with E-state index in [1.54, 1.807) is 12.1 Å². The van der Waals surface area contributed by atoms with Gasteiger partial charge in [0.1, 0.15) is 12.4 Å². The molecule has 0 aromatic heterocycles. The summed E-state index contributed by atoms with van der Waals surface area (Å²) in [6, 6.07) is 10.5. The number of nitrogens with zero attached hydrogens (tertiary/aromatic N) is 5. The Morgan fingerprint density at radius 2 is 1.85 bits per heavy atom. The largest absolute Gasteiger partial charge is 0.488 e. The molecule has 8 nitrogen and oxygen atoms in total. The maximum Gasteiger partial charge on any atom is 0.231 e. The second-order valence-electron chi connectivity index (χ2n) is 7.92. The number of aliphatic imine (C=N–C) groups is 2. The number of fused-ring (bicyclic) bond motifs is 2. The highest BCUT2D eigenvalue weighted by Gasteiger charge is 2.32. The lowest BCUT2D eigenvalue weighted by Gasteiger charge is -2.43. The van der Waals surface area contributed by atoms with E-state index in [9.17, 15) is 4.39 Å². The van der Waals surface area contributed by atoms with Crippen molar-refractivity contribution in [1.82, 2.24) is 5.01 Å². The third kappa shape index (κ3) is 4.13. The highest BCUT2D eigenvalue weighted by molar-refractivity contribution is 6.02. The van der Waals surface area contributed by atoms with Crippen molar-refractivity contribution in [3.8, 4) is 11.5 Å². The lowest BCUT2D eigenvalue weighted by atomic mass is 10.1. The fourth-order valence-electron chi connectivity index (χ4n) is 4.27. The van der Waals surface area contributed by atoms with Crippen LogP contribution in [-0.4, -0.2) is 63.3 Å². The van der Waals surface area contributed by atoms with Gasteiger partial charge in [0.05, 0.1) is 37.3 Å². The molecule has 0 atom stereocenters. The topological polar surface area (TPSA) is 62.1 Å². The summed E-state index contributed by atoms with van der Waals surface area (Å²) in [5, 5.41) is 4.22. The zero-order valence-corrected chi connectivity index (χ0v) is 19.4. The molecule has 2 aromatic rings. The number of halogens is 1. The molecule has 0 unspecified atom stereocenters. The molecule has 2 aromatic carbocycles. The van der Waals surface area contributed by atoms with Gasteiger partial charge in [0.25, 0.3) is 0 Å². The zero-order chi connectivity index (χ0) is 23.5.